The summed E-state index contributed by atoms with van der Waals surface area (Å²) in [6, 6.07) is 5.53. The van der Waals surface area contributed by atoms with Gasteiger partial charge >= 0.3 is 0 Å². The molecule has 1 aromatic carbocycles. The average Bonchev–Trinajstić information content (AvgIpc) is 3.02. The summed E-state index contributed by atoms with van der Waals surface area (Å²) in [7, 11) is 0. The van der Waals surface area contributed by atoms with Crippen molar-refractivity contribution < 1.29 is 13.9 Å². The predicted molar refractivity (Wildman–Crippen MR) is 80.6 cm³/mol. The van der Waals surface area contributed by atoms with Crippen molar-refractivity contribution in [2.45, 2.75) is 19.3 Å². The van der Waals surface area contributed by atoms with Gasteiger partial charge in [-0.3, -0.25) is 4.79 Å². The molecule has 2 N–H and O–H groups in total. The zero-order valence-electron chi connectivity index (χ0n) is 11.5. The highest BCUT2D eigenvalue weighted by Crippen LogP contribution is 2.59. The summed E-state index contributed by atoms with van der Waals surface area (Å²) in [6.07, 6.45) is 2.97. The van der Waals surface area contributed by atoms with Crippen LogP contribution in [0.5, 0.6) is 0 Å². The first-order chi connectivity index (χ1) is 10.2. The Morgan fingerprint density at radius 1 is 1.38 bits per heavy atom. The molecule has 110 valence electrons. The third kappa shape index (κ3) is 2.28. The summed E-state index contributed by atoms with van der Waals surface area (Å²) < 4.78 is 10.8. The number of amides is 1. The van der Waals surface area contributed by atoms with E-state index in [1.165, 1.54) is 0 Å². The summed E-state index contributed by atoms with van der Waals surface area (Å²) in [6.45, 7) is 1.55. The number of oxazole rings is 1. The van der Waals surface area contributed by atoms with E-state index in [2.05, 4.69) is 10.3 Å². The lowest BCUT2D eigenvalue weighted by Crippen LogP contribution is -2.24. The lowest BCUT2D eigenvalue weighted by Gasteiger charge is -2.22. The molecule has 4 rings (SSSR count). The molecule has 21 heavy (non-hydrogen) atoms. The molecule has 1 saturated carbocycles. The van der Waals surface area contributed by atoms with Gasteiger partial charge in [0.25, 0.3) is 4.84 Å². The first kappa shape index (κ1) is 13.0. The van der Waals surface area contributed by atoms with Gasteiger partial charge in [0.1, 0.15) is 0 Å². The molecular formula is C15H16N2O3S. The van der Waals surface area contributed by atoms with Gasteiger partial charge in [0.2, 0.25) is 5.91 Å². The SMILES string of the molecule is O=C(Nc1ccc2[nH]c(=S)oc2c1)C1CC12CCOCC2. The molecule has 1 spiro atoms. The van der Waals surface area contributed by atoms with Crippen LogP contribution >= 0.6 is 12.2 Å². The molecule has 1 aromatic heterocycles. The molecule has 1 amide bonds. The Kier molecular flexibility index (Phi) is 2.90. The van der Waals surface area contributed by atoms with Gasteiger partial charge < -0.3 is 19.5 Å². The van der Waals surface area contributed by atoms with E-state index in [0.29, 0.717) is 10.4 Å². The molecular weight excluding hydrogens is 288 g/mol. The van der Waals surface area contributed by atoms with Crippen molar-refractivity contribution in [3.8, 4) is 0 Å². The number of carbonyl (C=O) groups is 1. The Bertz CT molecular complexity index is 758. The molecule has 2 heterocycles. The minimum Gasteiger partial charge on any atom is -0.429 e. The minimum atomic E-state index is 0.102. The van der Waals surface area contributed by atoms with Crippen molar-refractivity contribution in [1.82, 2.24) is 4.98 Å². The number of ether oxygens (including phenoxy) is 1. The number of hydrogen-bond donors (Lipinski definition) is 2. The van der Waals surface area contributed by atoms with Crippen LogP contribution < -0.4 is 5.32 Å². The smallest absolute Gasteiger partial charge is 0.266 e. The van der Waals surface area contributed by atoms with E-state index in [0.717, 1.165) is 43.7 Å². The number of carbonyl (C=O) groups excluding carboxylic acids is 1. The molecule has 0 bridgehead atoms. The van der Waals surface area contributed by atoms with Gasteiger partial charge in [-0.2, -0.15) is 0 Å². The third-order valence-electron chi connectivity index (χ3n) is 4.68. The fraction of sp³-hybridized carbons (Fsp3) is 0.467. The van der Waals surface area contributed by atoms with E-state index >= 15 is 0 Å². The molecule has 1 unspecified atom stereocenters. The minimum absolute atomic E-state index is 0.102. The van der Waals surface area contributed by atoms with Gasteiger partial charge in [0.05, 0.1) is 5.52 Å². The van der Waals surface area contributed by atoms with Crippen LogP contribution in [-0.4, -0.2) is 24.1 Å². The van der Waals surface area contributed by atoms with Crippen molar-refractivity contribution in [3.05, 3.63) is 23.0 Å². The Morgan fingerprint density at radius 3 is 3.00 bits per heavy atom. The first-order valence-electron chi connectivity index (χ1n) is 7.18. The summed E-state index contributed by atoms with van der Waals surface area (Å²) in [5, 5.41) is 2.99. The van der Waals surface area contributed by atoms with Gasteiger partial charge in [-0.05, 0) is 49.0 Å². The van der Waals surface area contributed by atoms with E-state index in [1.54, 1.807) is 6.07 Å². The van der Waals surface area contributed by atoms with Crippen LogP contribution in [-0.2, 0) is 9.53 Å². The van der Waals surface area contributed by atoms with Crippen LogP contribution in [0.1, 0.15) is 19.3 Å². The van der Waals surface area contributed by atoms with Crippen molar-refractivity contribution in [2.75, 3.05) is 18.5 Å². The maximum absolute atomic E-state index is 12.4. The number of anilines is 1. The van der Waals surface area contributed by atoms with Crippen LogP contribution in [0.4, 0.5) is 5.69 Å². The largest absolute Gasteiger partial charge is 0.429 e. The van der Waals surface area contributed by atoms with Crippen LogP contribution in [0.15, 0.2) is 22.6 Å². The van der Waals surface area contributed by atoms with E-state index in [-0.39, 0.29) is 17.2 Å². The van der Waals surface area contributed by atoms with Crippen LogP contribution in [0.2, 0.25) is 0 Å². The standard InChI is InChI=1S/C15H16N2O3S/c18-13(10-8-15(10)3-5-19-6-4-15)16-9-1-2-11-12(7-9)20-14(21)17-11/h1-2,7,10H,3-6,8H2,(H,16,18)(H,17,21). The summed E-state index contributed by atoms with van der Waals surface area (Å²) in [5.41, 5.74) is 2.44. The number of aromatic nitrogens is 1. The van der Waals surface area contributed by atoms with Crippen molar-refractivity contribution in [3.63, 3.8) is 0 Å². The molecule has 1 aliphatic carbocycles. The lowest BCUT2D eigenvalue weighted by atomic mass is 9.93. The average molecular weight is 304 g/mol. The number of fused-ring (bicyclic) bond motifs is 1. The van der Waals surface area contributed by atoms with E-state index in [1.807, 2.05) is 12.1 Å². The number of hydrogen-bond acceptors (Lipinski definition) is 4. The third-order valence-corrected chi connectivity index (χ3v) is 4.87. The molecule has 1 saturated heterocycles. The van der Waals surface area contributed by atoms with Gasteiger partial charge in [0.15, 0.2) is 5.58 Å². The number of nitrogens with one attached hydrogen (secondary N) is 2. The lowest BCUT2D eigenvalue weighted by molar-refractivity contribution is -0.118. The highest BCUT2D eigenvalue weighted by atomic mass is 32.1. The molecule has 5 nitrogen and oxygen atoms in total. The summed E-state index contributed by atoms with van der Waals surface area (Å²) in [4.78, 5) is 15.7. The number of rotatable bonds is 2. The van der Waals surface area contributed by atoms with E-state index in [4.69, 9.17) is 21.4 Å². The van der Waals surface area contributed by atoms with Crippen molar-refractivity contribution >= 4 is 34.9 Å². The highest BCUT2D eigenvalue weighted by Gasteiger charge is 2.57. The van der Waals surface area contributed by atoms with Crippen molar-refractivity contribution in [2.24, 2.45) is 11.3 Å². The van der Waals surface area contributed by atoms with Gasteiger partial charge in [-0.25, -0.2) is 0 Å². The predicted octanol–water partition coefficient (Wildman–Crippen LogP) is 3.25. The Hall–Kier alpha value is -1.66. The van der Waals surface area contributed by atoms with Crippen LogP contribution in [0, 0.1) is 16.2 Å². The number of H-pyrrole nitrogens is 1. The van der Waals surface area contributed by atoms with Gasteiger partial charge in [0, 0.05) is 30.9 Å². The Balaban J connectivity index is 1.49. The van der Waals surface area contributed by atoms with E-state index < -0.39 is 0 Å². The fourth-order valence-electron chi connectivity index (χ4n) is 3.30. The first-order valence-corrected chi connectivity index (χ1v) is 7.59. The Labute approximate surface area is 126 Å². The zero-order chi connectivity index (χ0) is 14.4. The zero-order valence-corrected chi connectivity index (χ0v) is 12.3. The maximum Gasteiger partial charge on any atom is 0.266 e. The second-order valence-electron chi connectivity index (χ2n) is 5.95. The van der Waals surface area contributed by atoms with E-state index in [9.17, 15) is 4.79 Å². The topological polar surface area (TPSA) is 67.3 Å². The molecule has 2 fully saturated rings. The summed E-state index contributed by atoms with van der Waals surface area (Å²) >= 11 is 4.96. The fourth-order valence-corrected chi connectivity index (χ4v) is 3.50. The molecule has 1 atom stereocenters. The van der Waals surface area contributed by atoms with Crippen LogP contribution in [0.3, 0.4) is 0 Å². The molecule has 6 heteroatoms. The molecule has 1 aliphatic heterocycles. The number of aromatic amines is 1. The highest BCUT2D eigenvalue weighted by molar-refractivity contribution is 7.71. The van der Waals surface area contributed by atoms with Gasteiger partial charge in [-0.1, -0.05) is 0 Å². The van der Waals surface area contributed by atoms with Crippen LogP contribution in [0.25, 0.3) is 11.1 Å². The number of benzene rings is 1. The quantitative estimate of drug-likeness (QED) is 0.836. The Morgan fingerprint density at radius 2 is 2.19 bits per heavy atom. The monoisotopic (exact) mass is 304 g/mol. The maximum atomic E-state index is 12.4. The second kappa shape index (κ2) is 4.68. The second-order valence-corrected chi connectivity index (χ2v) is 6.32. The van der Waals surface area contributed by atoms with Crippen molar-refractivity contribution in [1.29, 1.82) is 0 Å². The van der Waals surface area contributed by atoms with Gasteiger partial charge in [-0.15, -0.1) is 0 Å². The molecule has 2 aliphatic rings. The summed E-state index contributed by atoms with van der Waals surface area (Å²) in [5.74, 6) is 0.222. The normalized spacial score (nSPS) is 23.3. The molecule has 0 radical (unpaired) electrons. The molecule has 2 aromatic rings.